The van der Waals surface area contributed by atoms with E-state index in [1.807, 2.05) is 6.92 Å². The van der Waals surface area contributed by atoms with Gasteiger partial charge in [0.1, 0.15) is 0 Å². The molecule has 0 fully saturated rings. The summed E-state index contributed by atoms with van der Waals surface area (Å²) < 4.78 is 55.8. The Kier molecular flexibility index (Phi) is 6.49. The van der Waals surface area contributed by atoms with Crippen LogP contribution in [-0.2, 0) is 4.74 Å². The quantitative estimate of drug-likeness (QED) is 0.464. The maximum atomic E-state index is 13.7. The fraction of sp³-hybridized carbons (Fsp3) is 0.300. The molecule has 3 rings (SSSR count). The lowest BCUT2D eigenvalue weighted by molar-refractivity contribution is -0.317. The van der Waals surface area contributed by atoms with Gasteiger partial charge in [0.05, 0.1) is 12.2 Å². The molecule has 0 spiro atoms. The number of urea groups is 1. The van der Waals surface area contributed by atoms with E-state index < -0.39 is 24.1 Å². The van der Waals surface area contributed by atoms with Gasteiger partial charge >= 0.3 is 24.1 Å². The minimum Gasteiger partial charge on any atom is -0.462 e. The van der Waals surface area contributed by atoms with Crippen LogP contribution in [0.25, 0.3) is 0 Å². The monoisotopic (exact) mass is 458 g/mol. The SMILES string of the molecule is CCCCOC(=O)c1ccc(NC(=O)N[C@@]2(C(F)(F)F)Oc3ccc(Cl)cc3O2)cc1. The molecule has 11 heteroatoms. The zero-order valence-corrected chi connectivity index (χ0v) is 17.0. The number of nitrogens with one attached hydrogen (secondary N) is 2. The van der Waals surface area contributed by atoms with E-state index in [0.717, 1.165) is 18.9 Å². The predicted octanol–water partition coefficient (Wildman–Crippen LogP) is 5.11. The van der Waals surface area contributed by atoms with E-state index in [9.17, 15) is 22.8 Å². The summed E-state index contributed by atoms with van der Waals surface area (Å²) in [5.74, 6) is -4.46. The number of hydrogen-bond donors (Lipinski definition) is 2. The molecule has 2 aromatic carbocycles. The molecule has 166 valence electrons. The standard InChI is InChI=1S/C20H18ClF3N2O5/c1-2-3-10-29-17(27)12-4-7-14(8-5-12)25-18(28)26-20(19(22,23)24)30-15-9-6-13(21)11-16(15)31-20/h4-9,11H,2-3,10H2,1H3,(H2,25,26,28)/t20-/m0/s1. The molecule has 1 aliphatic rings. The van der Waals surface area contributed by atoms with E-state index in [1.165, 1.54) is 36.4 Å². The minimum absolute atomic E-state index is 0.137. The molecule has 0 saturated heterocycles. The molecule has 2 aromatic rings. The first kappa shape index (κ1) is 22.5. The molecule has 0 aromatic heterocycles. The van der Waals surface area contributed by atoms with Crippen molar-refractivity contribution in [1.82, 2.24) is 5.32 Å². The van der Waals surface area contributed by atoms with Crippen molar-refractivity contribution < 1.29 is 37.0 Å². The number of alkyl halides is 3. The third kappa shape index (κ3) is 5.13. The Morgan fingerprint density at radius 2 is 1.77 bits per heavy atom. The highest BCUT2D eigenvalue weighted by Gasteiger charge is 2.65. The number of carbonyl (C=O) groups is 2. The second-order valence-electron chi connectivity index (χ2n) is 6.56. The smallest absolute Gasteiger partial charge is 0.462 e. The first-order valence-electron chi connectivity index (χ1n) is 9.24. The van der Waals surface area contributed by atoms with Crippen LogP contribution in [0.5, 0.6) is 11.5 Å². The summed E-state index contributed by atoms with van der Waals surface area (Å²) in [6, 6.07) is 7.88. The normalized spacial score (nSPS) is 17.2. The van der Waals surface area contributed by atoms with Gasteiger partial charge in [-0.05, 0) is 42.8 Å². The summed E-state index contributed by atoms with van der Waals surface area (Å²) >= 11 is 5.76. The Morgan fingerprint density at radius 3 is 2.42 bits per heavy atom. The van der Waals surface area contributed by atoms with E-state index >= 15 is 0 Å². The zero-order chi connectivity index (χ0) is 22.6. The Morgan fingerprint density at radius 1 is 1.10 bits per heavy atom. The third-order valence-corrected chi connectivity index (χ3v) is 4.41. The second kappa shape index (κ2) is 8.93. The van der Waals surface area contributed by atoms with E-state index in [-0.39, 0.29) is 34.4 Å². The first-order valence-corrected chi connectivity index (χ1v) is 9.62. The second-order valence-corrected chi connectivity index (χ2v) is 6.99. The number of rotatable bonds is 6. The Bertz CT molecular complexity index is 968. The van der Waals surface area contributed by atoms with Crippen LogP contribution in [-0.4, -0.2) is 30.7 Å². The highest BCUT2D eigenvalue weighted by Crippen LogP contribution is 2.46. The average Bonchev–Trinajstić information content (AvgIpc) is 3.07. The molecular weight excluding hydrogens is 441 g/mol. The van der Waals surface area contributed by atoms with E-state index in [0.29, 0.717) is 0 Å². The summed E-state index contributed by atoms with van der Waals surface area (Å²) in [6.07, 6.45) is -3.51. The molecule has 31 heavy (non-hydrogen) atoms. The number of anilines is 1. The van der Waals surface area contributed by atoms with Crippen molar-refractivity contribution in [3.63, 3.8) is 0 Å². The minimum atomic E-state index is -5.11. The number of amides is 2. The van der Waals surface area contributed by atoms with E-state index in [4.69, 9.17) is 25.8 Å². The molecule has 0 aliphatic carbocycles. The Hall–Kier alpha value is -3.14. The zero-order valence-electron chi connectivity index (χ0n) is 16.2. The molecule has 0 unspecified atom stereocenters. The van der Waals surface area contributed by atoms with Crippen LogP contribution < -0.4 is 20.1 Å². The number of unbranched alkanes of at least 4 members (excludes halogenated alkanes) is 1. The van der Waals surface area contributed by atoms with Gasteiger partial charge in [0.15, 0.2) is 11.5 Å². The van der Waals surface area contributed by atoms with Gasteiger partial charge in [-0.2, -0.15) is 13.2 Å². The van der Waals surface area contributed by atoms with E-state index in [1.54, 1.807) is 5.32 Å². The molecule has 1 atom stereocenters. The largest absolute Gasteiger partial charge is 0.492 e. The number of fused-ring (bicyclic) bond motifs is 1. The summed E-state index contributed by atoms with van der Waals surface area (Å²) in [4.78, 5) is 24.1. The number of halogens is 4. The van der Waals surface area contributed by atoms with Crippen LogP contribution in [0.1, 0.15) is 30.1 Å². The Balaban J connectivity index is 1.67. The highest BCUT2D eigenvalue weighted by atomic mass is 35.5. The lowest BCUT2D eigenvalue weighted by Gasteiger charge is -2.29. The van der Waals surface area contributed by atoms with Gasteiger partial charge in [0.2, 0.25) is 0 Å². The summed E-state index contributed by atoms with van der Waals surface area (Å²) in [6.45, 7) is 2.24. The van der Waals surface area contributed by atoms with Crippen LogP contribution in [0.4, 0.5) is 23.7 Å². The maximum absolute atomic E-state index is 13.7. The van der Waals surface area contributed by atoms with Gasteiger partial charge < -0.3 is 19.5 Å². The molecule has 1 heterocycles. The van der Waals surface area contributed by atoms with Crippen molar-refractivity contribution in [2.45, 2.75) is 31.9 Å². The topological polar surface area (TPSA) is 85.9 Å². The average molecular weight is 459 g/mol. The van der Waals surface area contributed by atoms with Gasteiger partial charge in [-0.1, -0.05) is 24.9 Å². The molecule has 0 radical (unpaired) electrons. The molecule has 0 saturated carbocycles. The molecule has 0 bridgehead atoms. The number of carbonyl (C=O) groups excluding carboxylic acids is 2. The molecule has 1 aliphatic heterocycles. The van der Waals surface area contributed by atoms with Gasteiger partial charge in [-0.15, -0.1) is 0 Å². The maximum Gasteiger partial charge on any atom is 0.492 e. The van der Waals surface area contributed by atoms with Crippen LogP contribution in [0.15, 0.2) is 42.5 Å². The summed E-state index contributed by atoms with van der Waals surface area (Å²) in [5, 5.41) is 4.04. The number of ether oxygens (including phenoxy) is 3. The van der Waals surface area contributed by atoms with Crippen molar-refractivity contribution in [3.8, 4) is 11.5 Å². The van der Waals surface area contributed by atoms with Gasteiger partial charge in [0.25, 0.3) is 0 Å². The van der Waals surface area contributed by atoms with Crippen molar-refractivity contribution in [2.75, 3.05) is 11.9 Å². The van der Waals surface area contributed by atoms with Crippen molar-refractivity contribution >= 4 is 29.3 Å². The Labute approximate surface area is 180 Å². The molecule has 2 amide bonds. The van der Waals surface area contributed by atoms with Crippen LogP contribution in [0.2, 0.25) is 5.02 Å². The fourth-order valence-electron chi connectivity index (χ4n) is 2.61. The third-order valence-electron chi connectivity index (χ3n) is 4.17. The fourth-order valence-corrected chi connectivity index (χ4v) is 2.77. The van der Waals surface area contributed by atoms with Crippen LogP contribution >= 0.6 is 11.6 Å². The lowest BCUT2D eigenvalue weighted by atomic mass is 10.2. The van der Waals surface area contributed by atoms with Crippen molar-refractivity contribution in [2.24, 2.45) is 0 Å². The number of benzene rings is 2. The summed E-state index contributed by atoms with van der Waals surface area (Å²) in [5.41, 5.74) is 0.377. The number of hydrogen-bond acceptors (Lipinski definition) is 5. The predicted molar refractivity (Wildman–Crippen MR) is 105 cm³/mol. The summed E-state index contributed by atoms with van der Waals surface area (Å²) in [7, 11) is 0. The number of esters is 1. The first-order chi connectivity index (χ1) is 14.6. The highest BCUT2D eigenvalue weighted by molar-refractivity contribution is 6.30. The van der Waals surface area contributed by atoms with Gasteiger partial charge in [-0.3, -0.25) is 5.32 Å². The van der Waals surface area contributed by atoms with Crippen LogP contribution in [0.3, 0.4) is 0 Å². The lowest BCUT2D eigenvalue weighted by Crippen LogP contribution is -2.65. The van der Waals surface area contributed by atoms with Crippen molar-refractivity contribution in [1.29, 1.82) is 0 Å². The van der Waals surface area contributed by atoms with Gasteiger partial charge in [0, 0.05) is 16.8 Å². The van der Waals surface area contributed by atoms with Crippen LogP contribution in [0, 0.1) is 0 Å². The molecule has 7 nitrogen and oxygen atoms in total. The van der Waals surface area contributed by atoms with Crippen molar-refractivity contribution in [3.05, 3.63) is 53.1 Å². The molecule has 2 N–H and O–H groups in total. The van der Waals surface area contributed by atoms with Gasteiger partial charge in [-0.25, -0.2) is 9.59 Å². The molecular formula is C20H18ClF3N2O5. The van der Waals surface area contributed by atoms with E-state index in [2.05, 4.69) is 5.32 Å².